The first kappa shape index (κ1) is 20.6. The Kier molecular flexibility index (Phi) is 5.44. The molecule has 148 valence electrons. The van der Waals surface area contributed by atoms with Crippen molar-refractivity contribution in [3.63, 3.8) is 0 Å². The highest BCUT2D eigenvalue weighted by Gasteiger charge is 2.62. The summed E-state index contributed by atoms with van der Waals surface area (Å²) in [5, 5.41) is 29.2. The number of benzene rings is 2. The number of halogens is 1. The fourth-order valence-electron chi connectivity index (χ4n) is 3.25. The quantitative estimate of drug-likeness (QED) is 0.521. The van der Waals surface area contributed by atoms with Gasteiger partial charge in [-0.25, -0.2) is 0 Å². The molecule has 28 heavy (non-hydrogen) atoms. The Labute approximate surface area is 167 Å². The summed E-state index contributed by atoms with van der Waals surface area (Å²) >= 11 is 5.81. The number of Topliss-reactive ketones (excluding diaryl/α,β-unsaturated/α-hetero) is 2. The molecule has 0 aliphatic carbocycles. The summed E-state index contributed by atoms with van der Waals surface area (Å²) in [6.07, 6.45) is -4.21. The fraction of sp³-hybridized carbons (Fsp3) is 0.333. The number of aliphatic hydroxyl groups excluding tert-OH is 1. The van der Waals surface area contributed by atoms with Crippen LogP contribution in [0.15, 0.2) is 48.5 Å². The van der Waals surface area contributed by atoms with Crippen LogP contribution in [0.25, 0.3) is 0 Å². The average molecular weight is 405 g/mol. The molecule has 0 spiro atoms. The number of hydrogen-bond acceptors (Lipinski definition) is 6. The number of ketones is 2. The highest BCUT2D eigenvalue weighted by atomic mass is 35.5. The lowest BCUT2D eigenvalue weighted by atomic mass is 9.82. The molecule has 1 unspecified atom stereocenters. The molecule has 0 bridgehead atoms. The lowest BCUT2D eigenvalue weighted by Gasteiger charge is -2.27. The lowest BCUT2D eigenvalue weighted by molar-refractivity contribution is -0.164. The van der Waals surface area contributed by atoms with Gasteiger partial charge in [0.1, 0.15) is 6.10 Å². The molecule has 1 saturated heterocycles. The molecule has 0 saturated carbocycles. The zero-order valence-electron chi connectivity index (χ0n) is 15.4. The minimum atomic E-state index is -2.42. The zero-order chi connectivity index (χ0) is 20.7. The summed E-state index contributed by atoms with van der Waals surface area (Å²) in [5.41, 5.74) is -0.179. The van der Waals surface area contributed by atoms with E-state index in [0.29, 0.717) is 0 Å². The van der Waals surface area contributed by atoms with Gasteiger partial charge >= 0.3 is 0 Å². The van der Waals surface area contributed by atoms with Crippen LogP contribution in [-0.2, 0) is 9.53 Å². The topological polar surface area (TPSA) is 104 Å². The molecule has 4 atom stereocenters. The number of aliphatic hydroxyl groups is 3. The van der Waals surface area contributed by atoms with Gasteiger partial charge in [-0.15, -0.1) is 0 Å². The predicted molar refractivity (Wildman–Crippen MR) is 102 cm³/mol. The van der Waals surface area contributed by atoms with E-state index in [1.54, 1.807) is 36.4 Å². The number of hydrogen-bond donors (Lipinski definition) is 3. The minimum absolute atomic E-state index is 0.133. The van der Waals surface area contributed by atoms with Crippen LogP contribution in [0.1, 0.15) is 39.6 Å². The summed E-state index contributed by atoms with van der Waals surface area (Å²) < 4.78 is 5.10. The number of ether oxygens (including phenoxy) is 1. The van der Waals surface area contributed by atoms with Crippen LogP contribution in [0.5, 0.6) is 0 Å². The largest absolute Gasteiger partial charge is 0.380 e. The number of carbonyl (C=O) groups excluding carboxylic acids is 2. The Bertz CT molecular complexity index is 890. The van der Waals surface area contributed by atoms with Gasteiger partial charge in [-0.2, -0.15) is 0 Å². The molecular formula is C21H21ClO6. The summed E-state index contributed by atoms with van der Waals surface area (Å²) in [5.74, 6) is -1.79. The smallest absolute Gasteiger partial charge is 0.249 e. The monoisotopic (exact) mass is 404 g/mol. The normalized spacial score (nSPS) is 28.1. The van der Waals surface area contributed by atoms with Gasteiger partial charge in [0, 0.05) is 5.56 Å². The SMILES string of the molecule is Cc1ccc(C(=O)[C@@]2(O)C[C@@](O)(Cl)O[C@H]2C(=O)C(O)c2ccc(C)cc2)cc1. The number of carbonyl (C=O) groups is 2. The first-order chi connectivity index (χ1) is 13.0. The van der Waals surface area contributed by atoms with Crippen molar-refractivity contribution in [2.75, 3.05) is 0 Å². The van der Waals surface area contributed by atoms with Crippen molar-refractivity contribution in [3.05, 3.63) is 70.8 Å². The number of rotatable bonds is 5. The molecule has 1 aliphatic rings. The van der Waals surface area contributed by atoms with Crippen molar-refractivity contribution in [2.24, 2.45) is 0 Å². The van der Waals surface area contributed by atoms with Gasteiger partial charge < -0.3 is 20.1 Å². The Hall–Kier alpha value is -2.09. The highest BCUT2D eigenvalue weighted by Crippen LogP contribution is 2.43. The molecule has 2 aromatic carbocycles. The third-order valence-corrected chi connectivity index (χ3v) is 5.07. The van der Waals surface area contributed by atoms with Crippen LogP contribution >= 0.6 is 11.6 Å². The van der Waals surface area contributed by atoms with E-state index < -0.39 is 41.0 Å². The van der Waals surface area contributed by atoms with E-state index in [1.807, 2.05) is 13.8 Å². The standard InChI is InChI=1S/C21H21ClO6/c1-12-3-7-14(8-4-12)16(23)17(24)19-20(26,11-21(22,27)28-19)18(25)15-9-5-13(2)6-10-15/h3-10,16,19,23,26-27H,11H2,1-2H3/t16?,19-,20-,21-/m0/s1. The molecule has 1 fully saturated rings. The van der Waals surface area contributed by atoms with Crippen LogP contribution in [0.2, 0.25) is 0 Å². The lowest BCUT2D eigenvalue weighted by Crippen LogP contribution is -2.51. The third-order valence-electron chi connectivity index (χ3n) is 4.85. The minimum Gasteiger partial charge on any atom is -0.380 e. The maximum atomic E-state index is 13.0. The Balaban J connectivity index is 1.94. The van der Waals surface area contributed by atoms with Gasteiger partial charge in [-0.05, 0) is 19.4 Å². The van der Waals surface area contributed by atoms with E-state index >= 15 is 0 Å². The van der Waals surface area contributed by atoms with E-state index in [0.717, 1.165) is 11.1 Å². The van der Waals surface area contributed by atoms with E-state index in [2.05, 4.69) is 0 Å². The number of aryl methyl sites for hydroxylation is 2. The fourth-order valence-corrected chi connectivity index (χ4v) is 3.54. The maximum absolute atomic E-state index is 13.0. The summed E-state index contributed by atoms with van der Waals surface area (Å²) in [7, 11) is 0. The van der Waals surface area contributed by atoms with Crippen molar-refractivity contribution >= 4 is 23.2 Å². The second-order valence-corrected chi connectivity index (χ2v) is 7.79. The van der Waals surface area contributed by atoms with Gasteiger partial charge in [0.05, 0.1) is 6.42 Å². The highest BCUT2D eigenvalue weighted by molar-refractivity contribution is 6.23. The summed E-state index contributed by atoms with van der Waals surface area (Å²) in [4.78, 5) is 25.8. The zero-order valence-corrected chi connectivity index (χ0v) is 16.2. The van der Waals surface area contributed by atoms with Crippen molar-refractivity contribution in [1.82, 2.24) is 0 Å². The molecule has 1 heterocycles. The predicted octanol–water partition coefficient (Wildman–Crippen LogP) is 2.19. The van der Waals surface area contributed by atoms with Gasteiger partial charge in [0.2, 0.25) is 5.25 Å². The molecule has 6 nitrogen and oxygen atoms in total. The molecule has 3 rings (SSSR count). The van der Waals surface area contributed by atoms with Gasteiger partial charge in [-0.3, -0.25) is 9.59 Å². The van der Waals surface area contributed by atoms with E-state index in [9.17, 15) is 24.9 Å². The molecule has 0 aromatic heterocycles. The maximum Gasteiger partial charge on any atom is 0.249 e. The molecular weight excluding hydrogens is 384 g/mol. The van der Waals surface area contributed by atoms with Crippen molar-refractivity contribution < 1.29 is 29.6 Å². The molecule has 1 aliphatic heterocycles. The molecule has 7 heteroatoms. The van der Waals surface area contributed by atoms with Gasteiger partial charge in [0.15, 0.2) is 23.3 Å². The van der Waals surface area contributed by atoms with Crippen molar-refractivity contribution in [3.8, 4) is 0 Å². The number of alkyl halides is 1. The van der Waals surface area contributed by atoms with Gasteiger partial charge in [-0.1, -0.05) is 71.3 Å². The summed E-state index contributed by atoms with van der Waals surface area (Å²) in [6, 6.07) is 12.9. The van der Waals surface area contributed by atoms with Crippen LogP contribution in [0.4, 0.5) is 0 Å². The first-order valence-corrected chi connectivity index (χ1v) is 9.12. The Morgan fingerprint density at radius 3 is 2.07 bits per heavy atom. The van der Waals surface area contributed by atoms with Crippen LogP contribution < -0.4 is 0 Å². The molecule has 3 N–H and O–H groups in total. The molecule has 0 amide bonds. The van der Waals surface area contributed by atoms with Crippen LogP contribution in [0, 0.1) is 13.8 Å². The molecule has 2 aromatic rings. The Morgan fingerprint density at radius 2 is 1.54 bits per heavy atom. The summed E-state index contributed by atoms with van der Waals surface area (Å²) in [6.45, 7) is 3.69. The third kappa shape index (κ3) is 3.87. The second-order valence-electron chi connectivity index (χ2n) is 7.20. The Morgan fingerprint density at radius 1 is 1.04 bits per heavy atom. The van der Waals surface area contributed by atoms with E-state index in [-0.39, 0.29) is 11.1 Å². The van der Waals surface area contributed by atoms with E-state index in [1.165, 1.54) is 12.1 Å². The van der Waals surface area contributed by atoms with Crippen LogP contribution in [0.3, 0.4) is 0 Å². The van der Waals surface area contributed by atoms with E-state index in [4.69, 9.17) is 16.3 Å². The average Bonchev–Trinajstić information content (AvgIpc) is 2.91. The van der Waals surface area contributed by atoms with Gasteiger partial charge in [0.25, 0.3) is 0 Å². The van der Waals surface area contributed by atoms with Crippen molar-refractivity contribution in [2.45, 2.75) is 43.3 Å². The van der Waals surface area contributed by atoms with Crippen LogP contribution in [-0.4, -0.2) is 43.8 Å². The molecule has 0 radical (unpaired) electrons. The second kappa shape index (κ2) is 7.39. The van der Waals surface area contributed by atoms with Crippen molar-refractivity contribution in [1.29, 1.82) is 0 Å². The first-order valence-electron chi connectivity index (χ1n) is 8.75.